The van der Waals surface area contributed by atoms with Crippen molar-refractivity contribution in [3.05, 3.63) is 46.7 Å². The Balaban J connectivity index is 2.03. The van der Waals surface area contributed by atoms with E-state index in [4.69, 9.17) is 17.3 Å². The number of nitrogens with one attached hydrogen (secondary N) is 1. The van der Waals surface area contributed by atoms with Gasteiger partial charge in [-0.25, -0.2) is 0 Å². The number of nitrogen functional groups attached to an aromatic ring is 1. The van der Waals surface area contributed by atoms with E-state index < -0.39 is 0 Å². The van der Waals surface area contributed by atoms with Crippen LogP contribution in [0.25, 0.3) is 0 Å². The van der Waals surface area contributed by atoms with Gasteiger partial charge in [-0.2, -0.15) is 5.10 Å². The van der Waals surface area contributed by atoms with Crippen LogP contribution in [-0.2, 0) is 13.1 Å². The summed E-state index contributed by atoms with van der Waals surface area (Å²) >= 11 is 5.88. The van der Waals surface area contributed by atoms with Crippen molar-refractivity contribution in [1.29, 1.82) is 0 Å². The van der Waals surface area contributed by atoms with Crippen LogP contribution >= 0.6 is 11.6 Å². The van der Waals surface area contributed by atoms with Crippen LogP contribution < -0.4 is 11.1 Å². The predicted octanol–water partition coefficient (Wildman–Crippen LogP) is 2.07. The highest BCUT2D eigenvalue weighted by atomic mass is 35.5. The van der Waals surface area contributed by atoms with E-state index in [1.165, 1.54) is 0 Å². The Bertz CT molecular complexity index is 594. The van der Waals surface area contributed by atoms with Gasteiger partial charge in [-0.1, -0.05) is 23.7 Å². The Morgan fingerprint density at radius 3 is 2.95 bits per heavy atom. The zero-order valence-corrected chi connectivity index (χ0v) is 11.3. The van der Waals surface area contributed by atoms with Gasteiger partial charge in [-0.05, 0) is 24.6 Å². The van der Waals surface area contributed by atoms with Crippen molar-refractivity contribution < 1.29 is 4.79 Å². The minimum absolute atomic E-state index is 0.254. The van der Waals surface area contributed by atoms with Gasteiger partial charge < -0.3 is 11.1 Å². The van der Waals surface area contributed by atoms with Crippen LogP contribution in [0, 0.1) is 0 Å². The molecule has 0 bridgehead atoms. The molecule has 100 valence electrons. The first kappa shape index (κ1) is 13.4. The number of hydrogen-bond acceptors (Lipinski definition) is 3. The van der Waals surface area contributed by atoms with Gasteiger partial charge in [0.1, 0.15) is 0 Å². The third-order valence-corrected chi connectivity index (χ3v) is 2.91. The fourth-order valence-electron chi connectivity index (χ4n) is 1.69. The van der Waals surface area contributed by atoms with E-state index >= 15 is 0 Å². The highest BCUT2D eigenvalue weighted by Gasteiger charge is 2.13. The fourth-order valence-corrected chi connectivity index (χ4v) is 1.90. The molecule has 19 heavy (non-hydrogen) atoms. The Morgan fingerprint density at radius 1 is 1.53 bits per heavy atom. The second-order valence-corrected chi connectivity index (χ2v) is 4.54. The summed E-state index contributed by atoms with van der Waals surface area (Å²) in [7, 11) is 0. The highest BCUT2D eigenvalue weighted by Crippen LogP contribution is 2.12. The van der Waals surface area contributed by atoms with Gasteiger partial charge in [0, 0.05) is 24.3 Å². The minimum Gasteiger partial charge on any atom is -0.396 e. The number of nitrogens with two attached hydrogens (primary N) is 1. The summed E-state index contributed by atoms with van der Waals surface area (Å²) in [5.74, 6) is -0.287. The molecule has 1 heterocycles. The van der Waals surface area contributed by atoms with E-state index in [1.54, 1.807) is 23.0 Å². The number of rotatable bonds is 4. The van der Waals surface area contributed by atoms with Crippen LogP contribution in [0.5, 0.6) is 0 Å². The predicted molar refractivity (Wildman–Crippen MR) is 74.9 cm³/mol. The van der Waals surface area contributed by atoms with Crippen molar-refractivity contribution in [2.45, 2.75) is 20.0 Å². The average Bonchev–Trinajstić information content (AvgIpc) is 2.77. The number of benzene rings is 1. The number of carbonyl (C=O) groups excluding carboxylic acids is 1. The smallest absolute Gasteiger partial charge is 0.274 e. The van der Waals surface area contributed by atoms with Gasteiger partial charge in [0.2, 0.25) is 0 Å². The largest absolute Gasteiger partial charge is 0.396 e. The van der Waals surface area contributed by atoms with E-state index in [1.807, 2.05) is 19.1 Å². The summed E-state index contributed by atoms with van der Waals surface area (Å²) in [6, 6.07) is 7.31. The first-order valence-electron chi connectivity index (χ1n) is 5.95. The third kappa shape index (κ3) is 3.26. The second kappa shape index (κ2) is 5.75. The molecule has 2 rings (SSSR count). The lowest BCUT2D eigenvalue weighted by Gasteiger charge is -2.04. The van der Waals surface area contributed by atoms with Gasteiger partial charge in [-0.15, -0.1) is 0 Å². The van der Waals surface area contributed by atoms with Crippen molar-refractivity contribution in [3.63, 3.8) is 0 Å². The van der Waals surface area contributed by atoms with E-state index in [9.17, 15) is 4.79 Å². The molecule has 0 saturated heterocycles. The normalized spacial score (nSPS) is 10.4. The molecule has 1 aromatic carbocycles. The third-order valence-electron chi connectivity index (χ3n) is 2.67. The van der Waals surface area contributed by atoms with Crippen LogP contribution in [0.15, 0.2) is 30.5 Å². The Hall–Kier alpha value is -2.01. The van der Waals surface area contributed by atoms with Crippen molar-refractivity contribution in [3.8, 4) is 0 Å². The van der Waals surface area contributed by atoms with Crippen molar-refractivity contribution in [2.24, 2.45) is 0 Å². The summed E-state index contributed by atoms with van der Waals surface area (Å²) < 4.78 is 1.63. The molecular weight excluding hydrogens is 264 g/mol. The number of nitrogens with zero attached hydrogens (tertiary/aromatic N) is 2. The minimum atomic E-state index is -0.287. The number of carbonyl (C=O) groups is 1. The van der Waals surface area contributed by atoms with E-state index in [2.05, 4.69) is 10.4 Å². The first-order valence-corrected chi connectivity index (χ1v) is 6.33. The molecule has 0 aliphatic heterocycles. The lowest BCUT2D eigenvalue weighted by atomic mass is 10.2. The zero-order chi connectivity index (χ0) is 13.8. The molecule has 1 amide bonds. The lowest BCUT2D eigenvalue weighted by molar-refractivity contribution is 0.0946. The number of aryl methyl sites for hydroxylation is 1. The Labute approximate surface area is 116 Å². The van der Waals surface area contributed by atoms with E-state index in [0.717, 1.165) is 5.56 Å². The second-order valence-electron chi connectivity index (χ2n) is 4.10. The Kier molecular flexibility index (Phi) is 4.06. The molecule has 6 heteroatoms. The van der Waals surface area contributed by atoms with Crippen LogP contribution in [0.2, 0.25) is 5.02 Å². The first-order chi connectivity index (χ1) is 9.10. The van der Waals surface area contributed by atoms with Gasteiger partial charge in [0.15, 0.2) is 5.69 Å². The van der Waals surface area contributed by atoms with Gasteiger partial charge in [0.25, 0.3) is 5.91 Å². The SMILES string of the molecule is CCn1cc(N)c(C(=O)NCc2cccc(Cl)c2)n1. The van der Waals surface area contributed by atoms with Crippen LogP contribution in [0.4, 0.5) is 5.69 Å². The summed E-state index contributed by atoms with van der Waals surface area (Å²) in [6.45, 7) is 2.99. The van der Waals surface area contributed by atoms with Crippen LogP contribution in [0.3, 0.4) is 0 Å². The summed E-state index contributed by atoms with van der Waals surface area (Å²) in [5, 5.41) is 7.52. The average molecular weight is 279 g/mol. The molecule has 0 fully saturated rings. The maximum Gasteiger partial charge on any atom is 0.274 e. The Morgan fingerprint density at radius 2 is 2.32 bits per heavy atom. The molecule has 3 N–H and O–H groups in total. The zero-order valence-electron chi connectivity index (χ0n) is 10.6. The molecular formula is C13H15ClN4O. The molecule has 1 aromatic heterocycles. The topological polar surface area (TPSA) is 72.9 Å². The number of halogens is 1. The molecule has 0 atom stereocenters. The molecule has 0 saturated carbocycles. The molecule has 5 nitrogen and oxygen atoms in total. The number of anilines is 1. The summed E-state index contributed by atoms with van der Waals surface area (Å²) in [6.07, 6.45) is 1.65. The number of amides is 1. The number of hydrogen-bond donors (Lipinski definition) is 2. The van der Waals surface area contributed by atoms with Gasteiger partial charge >= 0.3 is 0 Å². The highest BCUT2D eigenvalue weighted by molar-refractivity contribution is 6.30. The molecule has 0 aliphatic rings. The standard InChI is InChI=1S/C13H15ClN4O/c1-2-18-8-11(15)12(17-18)13(19)16-7-9-4-3-5-10(14)6-9/h3-6,8H,2,7,15H2,1H3,(H,16,19). The molecule has 2 aromatic rings. The quantitative estimate of drug-likeness (QED) is 0.899. The monoisotopic (exact) mass is 278 g/mol. The van der Waals surface area contributed by atoms with Crippen LogP contribution in [0.1, 0.15) is 23.0 Å². The molecule has 0 aliphatic carbocycles. The number of aromatic nitrogens is 2. The molecule has 0 radical (unpaired) electrons. The fraction of sp³-hybridized carbons (Fsp3) is 0.231. The van der Waals surface area contributed by atoms with Crippen molar-refractivity contribution in [1.82, 2.24) is 15.1 Å². The maximum absolute atomic E-state index is 12.0. The van der Waals surface area contributed by atoms with Crippen LogP contribution in [-0.4, -0.2) is 15.7 Å². The summed E-state index contributed by atoms with van der Waals surface area (Å²) in [4.78, 5) is 12.0. The molecule has 0 spiro atoms. The van der Waals surface area contributed by atoms with Gasteiger partial charge in [0.05, 0.1) is 5.69 Å². The van der Waals surface area contributed by atoms with E-state index in [-0.39, 0.29) is 11.6 Å². The summed E-state index contributed by atoms with van der Waals surface area (Å²) in [5.41, 5.74) is 7.30. The maximum atomic E-state index is 12.0. The van der Waals surface area contributed by atoms with E-state index in [0.29, 0.717) is 23.8 Å². The van der Waals surface area contributed by atoms with Gasteiger partial charge in [-0.3, -0.25) is 9.48 Å². The van der Waals surface area contributed by atoms with Crippen molar-refractivity contribution >= 4 is 23.2 Å². The lowest BCUT2D eigenvalue weighted by Crippen LogP contribution is -2.24. The molecule has 0 unspecified atom stereocenters. The van der Waals surface area contributed by atoms with Crippen molar-refractivity contribution in [2.75, 3.05) is 5.73 Å².